The lowest BCUT2D eigenvalue weighted by Crippen LogP contribution is -2.40. The predicted molar refractivity (Wildman–Crippen MR) is 65.6 cm³/mol. The van der Waals surface area contributed by atoms with Gasteiger partial charge in [-0.05, 0) is 30.5 Å². The van der Waals surface area contributed by atoms with E-state index in [0.717, 1.165) is 24.9 Å². The number of benzene rings is 1. The summed E-state index contributed by atoms with van der Waals surface area (Å²) in [7, 11) is 0. The second kappa shape index (κ2) is 5.19. The third kappa shape index (κ3) is 2.77. The summed E-state index contributed by atoms with van der Waals surface area (Å²) < 4.78 is 0. The highest BCUT2D eigenvalue weighted by Gasteiger charge is 2.27. The number of nitrogens with two attached hydrogens (primary N) is 1. The minimum atomic E-state index is 0.128. The molecule has 0 aliphatic carbocycles. The smallest absolute Gasteiger partial charge is 0.227 e. The first kappa shape index (κ1) is 11.9. The fourth-order valence-electron chi connectivity index (χ4n) is 2.30. The number of phenols is 1. The van der Waals surface area contributed by atoms with Crippen LogP contribution >= 0.6 is 0 Å². The number of nitrogens with zero attached hydrogens (tertiary/aromatic N) is 1. The maximum Gasteiger partial charge on any atom is 0.227 e. The number of aromatic hydroxyl groups is 1. The Labute approximate surface area is 101 Å². The molecule has 1 unspecified atom stereocenters. The Morgan fingerprint density at radius 1 is 1.41 bits per heavy atom. The Hall–Kier alpha value is -1.55. The molecule has 0 aromatic heterocycles. The number of carbonyl (C=O) groups excluding carboxylic acids is 1. The fourth-order valence-corrected chi connectivity index (χ4v) is 2.30. The molecule has 1 aliphatic heterocycles. The van der Waals surface area contributed by atoms with Gasteiger partial charge in [0.15, 0.2) is 0 Å². The van der Waals surface area contributed by atoms with Gasteiger partial charge in [0.1, 0.15) is 5.75 Å². The highest BCUT2D eigenvalue weighted by molar-refractivity contribution is 5.79. The molecule has 1 atom stereocenters. The van der Waals surface area contributed by atoms with Crippen molar-refractivity contribution in [2.75, 3.05) is 13.1 Å². The van der Waals surface area contributed by atoms with Gasteiger partial charge in [0.25, 0.3) is 0 Å². The second-order valence-corrected chi connectivity index (χ2v) is 4.46. The topological polar surface area (TPSA) is 66.6 Å². The lowest BCUT2D eigenvalue weighted by molar-refractivity contribution is -0.131. The maximum atomic E-state index is 12.1. The van der Waals surface area contributed by atoms with E-state index in [1.165, 1.54) is 0 Å². The third-order valence-electron chi connectivity index (χ3n) is 3.26. The number of likely N-dealkylation sites (tertiary alicyclic amines) is 1. The van der Waals surface area contributed by atoms with E-state index in [-0.39, 0.29) is 17.7 Å². The Kier molecular flexibility index (Phi) is 3.64. The summed E-state index contributed by atoms with van der Waals surface area (Å²) in [6.07, 6.45) is 2.44. The van der Waals surface area contributed by atoms with Gasteiger partial charge in [0.2, 0.25) is 5.91 Å². The molecule has 1 heterocycles. The number of hydrogen-bond acceptors (Lipinski definition) is 3. The van der Waals surface area contributed by atoms with E-state index < -0.39 is 0 Å². The van der Waals surface area contributed by atoms with Gasteiger partial charge in [-0.3, -0.25) is 4.79 Å². The average molecular weight is 234 g/mol. The minimum absolute atomic E-state index is 0.128. The standard InChI is InChI=1S/C13H18N2O2/c14-9-11-2-1-7-15(11)13(17)8-10-3-5-12(16)6-4-10/h3-6,11,16H,1-2,7-9,14H2. The summed E-state index contributed by atoms with van der Waals surface area (Å²) in [5.74, 6) is 0.353. The van der Waals surface area contributed by atoms with Gasteiger partial charge < -0.3 is 15.7 Å². The van der Waals surface area contributed by atoms with Gasteiger partial charge in [-0.25, -0.2) is 0 Å². The first-order valence-corrected chi connectivity index (χ1v) is 5.98. The van der Waals surface area contributed by atoms with Crippen molar-refractivity contribution in [3.63, 3.8) is 0 Å². The molecule has 4 heteroatoms. The molecule has 3 N–H and O–H groups in total. The van der Waals surface area contributed by atoms with Crippen LogP contribution in [0.15, 0.2) is 24.3 Å². The zero-order valence-corrected chi connectivity index (χ0v) is 9.80. The first-order valence-electron chi connectivity index (χ1n) is 5.98. The number of amides is 1. The molecule has 1 saturated heterocycles. The molecule has 2 rings (SSSR count). The number of rotatable bonds is 3. The van der Waals surface area contributed by atoms with Crippen molar-refractivity contribution in [2.45, 2.75) is 25.3 Å². The van der Waals surface area contributed by atoms with Crippen LogP contribution in [0.5, 0.6) is 5.75 Å². The molecule has 0 radical (unpaired) electrons. The van der Waals surface area contributed by atoms with E-state index in [1.807, 2.05) is 4.90 Å². The van der Waals surface area contributed by atoms with Crippen LogP contribution in [-0.4, -0.2) is 35.0 Å². The van der Waals surface area contributed by atoms with Crippen molar-refractivity contribution in [1.82, 2.24) is 4.90 Å². The molecule has 0 bridgehead atoms. The number of hydrogen-bond donors (Lipinski definition) is 2. The Morgan fingerprint density at radius 3 is 2.76 bits per heavy atom. The van der Waals surface area contributed by atoms with Crippen molar-refractivity contribution in [2.24, 2.45) is 5.73 Å². The van der Waals surface area contributed by atoms with Crippen LogP contribution < -0.4 is 5.73 Å². The third-order valence-corrected chi connectivity index (χ3v) is 3.26. The lowest BCUT2D eigenvalue weighted by atomic mass is 10.1. The van der Waals surface area contributed by atoms with Crippen LogP contribution in [0.25, 0.3) is 0 Å². The predicted octanol–water partition coefficient (Wildman–Crippen LogP) is 0.884. The molecule has 0 spiro atoms. The molecule has 0 saturated carbocycles. The Balaban J connectivity index is 1.99. The highest BCUT2D eigenvalue weighted by Crippen LogP contribution is 2.18. The highest BCUT2D eigenvalue weighted by atomic mass is 16.3. The molecular formula is C13H18N2O2. The largest absolute Gasteiger partial charge is 0.508 e. The van der Waals surface area contributed by atoms with Crippen LogP contribution in [0.3, 0.4) is 0 Å². The van der Waals surface area contributed by atoms with Gasteiger partial charge in [0.05, 0.1) is 6.42 Å². The summed E-state index contributed by atoms with van der Waals surface area (Å²) in [4.78, 5) is 14.0. The number of phenolic OH excluding ortho intramolecular Hbond substituents is 1. The van der Waals surface area contributed by atoms with Gasteiger partial charge in [-0.1, -0.05) is 12.1 Å². The van der Waals surface area contributed by atoms with Crippen LogP contribution in [0, 0.1) is 0 Å². The molecule has 1 fully saturated rings. The van der Waals surface area contributed by atoms with Crippen LogP contribution in [0.4, 0.5) is 0 Å². The molecule has 17 heavy (non-hydrogen) atoms. The van der Waals surface area contributed by atoms with E-state index >= 15 is 0 Å². The van der Waals surface area contributed by atoms with E-state index in [2.05, 4.69) is 0 Å². The zero-order valence-electron chi connectivity index (χ0n) is 9.80. The average Bonchev–Trinajstić information content (AvgIpc) is 2.80. The van der Waals surface area contributed by atoms with Crippen LogP contribution in [-0.2, 0) is 11.2 Å². The fraction of sp³-hybridized carbons (Fsp3) is 0.462. The summed E-state index contributed by atoms with van der Waals surface area (Å²) in [5.41, 5.74) is 6.57. The number of carbonyl (C=O) groups is 1. The van der Waals surface area contributed by atoms with E-state index in [9.17, 15) is 9.90 Å². The van der Waals surface area contributed by atoms with Gasteiger partial charge in [0, 0.05) is 19.1 Å². The van der Waals surface area contributed by atoms with Crippen LogP contribution in [0.2, 0.25) is 0 Å². The summed E-state index contributed by atoms with van der Waals surface area (Å²) in [6, 6.07) is 6.97. The Morgan fingerprint density at radius 2 is 2.12 bits per heavy atom. The summed E-state index contributed by atoms with van der Waals surface area (Å²) in [5, 5.41) is 9.17. The SMILES string of the molecule is NCC1CCCN1C(=O)Cc1ccc(O)cc1. The molecular weight excluding hydrogens is 216 g/mol. The van der Waals surface area contributed by atoms with E-state index in [4.69, 9.17) is 5.73 Å². The molecule has 1 aliphatic rings. The van der Waals surface area contributed by atoms with Gasteiger partial charge in [-0.15, -0.1) is 0 Å². The van der Waals surface area contributed by atoms with E-state index in [1.54, 1.807) is 24.3 Å². The summed E-state index contributed by atoms with van der Waals surface area (Å²) >= 11 is 0. The molecule has 1 amide bonds. The molecule has 1 aromatic carbocycles. The van der Waals surface area contributed by atoms with Gasteiger partial charge in [-0.2, -0.15) is 0 Å². The summed E-state index contributed by atoms with van der Waals surface area (Å²) in [6.45, 7) is 1.36. The van der Waals surface area contributed by atoms with Crippen molar-refractivity contribution >= 4 is 5.91 Å². The van der Waals surface area contributed by atoms with Crippen molar-refractivity contribution < 1.29 is 9.90 Å². The molecule has 1 aromatic rings. The zero-order chi connectivity index (χ0) is 12.3. The van der Waals surface area contributed by atoms with Crippen molar-refractivity contribution in [3.8, 4) is 5.75 Å². The van der Waals surface area contributed by atoms with E-state index in [0.29, 0.717) is 13.0 Å². The van der Waals surface area contributed by atoms with Gasteiger partial charge >= 0.3 is 0 Å². The Bertz CT molecular complexity index is 389. The quantitative estimate of drug-likeness (QED) is 0.816. The minimum Gasteiger partial charge on any atom is -0.508 e. The van der Waals surface area contributed by atoms with Crippen LogP contribution in [0.1, 0.15) is 18.4 Å². The maximum absolute atomic E-state index is 12.1. The van der Waals surface area contributed by atoms with Crippen molar-refractivity contribution in [3.05, 3.63) is 29.8 Å². The molecule has 92 valence electrons. The van der Waals surface area contributed by atoms with Crippen molar-refractivity contribution in [1.29, 1.82) is 0 Å². The lowest BCUT2D eigenvalue weighted by Gasteiger charge is -2.23. The molecule has 4 nitrogen and oxygen atoms in total. The first-order chi connectivity index (χ1) is 8.20. The second-order valence-electron chi connectivity index (χ2n) is 4.46. The normalized spacial score (nSPS) is 19.6. The monoisotopic (exact) mass is 234 g/mol.